The third-order valence-electron chi connectivity index (χ3n) is 5.39. The second-order valence-corrected chi connectivity index (χ2v) is 7.88. The molecular formula is C27H33N8O2+. The molecular weight excluding hydrogens is 468 g/mol. The van der Waals surface area contributed by atoms with Crippen molar-refractivity contribution in [3.05, 3.63) is 83.9 Å². The van der Waals surface area contributed by atoms with Crippen LogP contribution < -0.4 is 36.9 Å². The zero-order chi connectivity index (χ0) is 26.5. The number of nitrogens with zero attached hydrogens (tertiary/aromatic N) is 1. The lowest BCUT2D eigenvalue weighted by Gasteiger charge is -2.09. The van der Waals surface area contributed by atoms with Gasteiger partial charge in [0.1, 0.15) is 18.9 Å². The number of carbonyl (C=O) groups excluding carboxylic acids is 2. The second kappa shape index (κ2) is 13.9. The number of hydrogen-bond acceptors (Lipinski definition) is 5. The Morgan fingerprint density at radius 2 is 1.59 bits per heavy atom. The Hall–Kier alpha value is -4.86. The van der Waals surface area contributed by atoms with Crippen molar-refractivity contribution in [3.63, 3.8) is 0 Å². The topological polar surface area (TPSA) is 133 Å². The van der Waals surface area contributed by atoms with Crippen molar-refractivity contribution in [1.82, 2.24) is 10.6 Å². The molecule has 1 aliphatic heterocycles. The average Bonchev–Trinajstić information content (AvgIpc) is 3.46. The molecule has 0 radical (unpaired) electrons. The van der Waals surface area contributed by atoms with Crippen LogP contribution in [0.25, 0.3) is 0 Å². The number of anilines is 4. The van der Waals surface area contributed by atoms with Gasteiger partial charge in [0.2, 0.25) is 6.41 Å². The fourth-order valence-corrected chi connectivity index (χ4v) is 3.62. The maximum atomic E-state index is 12.1. The highest BCUT2D eigenvalue weighted by Gasteiger charge is 2.15. The molecule has 0 unspecified atom stereocenters. The van der Waals surface area contributed by atoms with E-state index in [9.17, 15) is 9.59 Å². The van der Waals surface area contributed by atoms with E-state index in [0.29, 0.717) is 23.5 Å². The minimum Gasteiger partial charge on any atom is -0.388 e. The van der Waals surface area contributed by atoms with Crippen LogP contribution in [0.3, 0.4) is 0 Å². The molecule has 0 fully saturated rings. The molecule has 10 nitrogen and oxygen atoms in total. The third-order valence-corrected chi connectivity index (χ3v) is 5.39. The number of rotatable bonds is 7. The number of aliphatic imine (C=N–C) groups is 1. The second-order valence-electron chi connectivity index (χ2n) is 7.88. The van der Waals surface area contributed by atoms with E-state index in [1.54, 1.807) is 31.3 Å². The van der Waals surface area contributed by atoms with Crippen LogP contribution in [0.4, 0.5) is 27.5 Å². The van der Waals surface area contributed by atoms with Crippen LogP contribution in [-0.2, 0) is 4.79 Å². The van der Waals surface area contributed by atoms with Crippen molar-refractivity contribution in [1.29, 1.82) is 0 Å². The normalized spacial score (nSPS) is 12.2. The van der Waals surface area contributed by atoms with Gasteiger partial charge >= 0.3 is 6.03 Å². The standard InChI is InChI=1S/C17H17N5O2.C10H15N3/c23-11-20-13-4-2-6-15(10-13)22-17(24)21-14-5-1-3-12(9-14)16-18-7-8-19-16;1-11-9-6-4-8(5-7-9)10(12-2)13-3/h1-6,9-11H,7-8H2,(H,18,19)(H,20,23)(H2,21,22,24);4-7,11H,1-3H3,(H,12,13)/p+1. The summed E-state index contributed by atoms with van der Waals surface area (Å²) in [6.45, 7) is 1.78. The molecule has 0 spiro atoms. The largest absolute Gasteiger partial charge is 0.388 e. The highest BCUT2D eigenvalue weighted by atomic mass is 16.2. The van der Waals surface area contributed by atoms with E-state index in [4.69, 9.17) is 0 Å². The molecule has 3 aromatic carbocycles. The van der Waals surface area contributed by atoms with E-state index in [-0.39, 0.29) is 6.03 Å². The summed E-state index contributed by atoms with van der Waals surface area (Å²) >= 11 is 0. The minimum absolute atomic E-state index is 0.354. The first-order chi connectivity index (χ1) is 18.1. The zero-order valence-corrected chi connectivity index (χ0v) is 21.2. The lowest BCUT2D eigenvalue weighted by molar-refractivity contribution is -0.444. The Morgan fingerprint density at radius 3 is 2.19 bits per heavy atom. The highest BCUT2D eigenvalue weighted by molar-refractivity contribution is 6.02. The first kappa shape index (κ1) is 26.7. The fraction of sp³-hybridized carbons (Fsp3) is 0.185. The number of benzene rings is 3. The van der Waals surface area contributed by atoms with Gasteiger partial charge in [0.25, 0.3) is 5.84 Å². The molecule has 1 aliphatic rings. The van der Waals surface area contributed by atoms with E-state index < -0.39 is 0 Å². The third kappa shape index (κ3) is 8.10. The van der Waals surface area contributed by atoms with Crippen molar-refractivity contribution in [2.45, 2.75) is 0 Å². The summed E-state index contributed by atoms with van der Waals surface area (Å²) < 4.78 is 0. The molecule has 1 heterocycles. The van der Waals surface area contributed by atoms with Crippen LogP contribution in [0.15, 0.2) is 77.8 Å². The summed E-state index contributed by atoms with van der Waals surface area (Å²) in [5.74, 6) is 1.87. The van der Waals surface area contributed by atoms with Gasteiger partial charge in [-0.1, -0.05) is 12.1 Å². The monoisotopic (exact) mass is 501 g/mol. The smallest absolute Gasteiger partial charge is 0.323 e. The van der Waals surface area contributed by atoms with Crippen molar-refractivity contribution in [2.24, 2.45) is 4.99 Å². The molecule has 3 amide bonds. The van der Waals surface area contributed by atoms with Crippen LogP contribution in [0.2, 0.25) is 0 Å². The van der Waals surface area contributed by atoms with Gasteiger partial charge in [0.15, 0.2) is 0 Å². The summed E-state index contributed by atoms with van der Waals surface area (Å²) in [6, 6.07) is 22.2. The van der Waals surface area contributed by atoms with Gasteiger partial charge in [-0.2, -0.15) is 0 Å². The maximum Gasteiger partial charge on any atom is 0.323 e. The Balaban J connectivity index is 0.000000248. The van der Waals surface area contributed by atoms with Crippen LogP contribution in [0, 0.1) is 0 Å². The van der Waals surface area contributed by atoms with Crippen LogP contribution in [0.1, 0.15) is 11.1 Å². The Labute approximate surface area is 216 Å². The van der Waals surface area contributed by atoms with E-state index >= 15 is 0 Å². The SMILES string of the molecule is CN=C(NC)c1ccc(NC)cc1.O=CNc1cccc(NC(=O)Nc2cccc(C3=[NH+]CCN3)c2)c1. The molecule has 0 aromatic heterocycles. The Morgan fingerprint density at radius 1 is 0.919 bits per heavy atom. The van der Waals surface area contributed by atoms with Gasteiger partial charge in [-0.15, -0.1) is 0 Å². The molecule has 3 aromatic rings. The summed E-state index contributed by atoms with van der Waals surface area (Å²) in [5.41, 5.74) is 5.08. The molecule has 0 saturated heterocycles. The minimum atomic E-state index is -0.354. The van der Waals surface area contributed by atoms with E-state index in [1.165, 1.54) is 0 Å². The predicted octanol–water partition coefficient (Wildman–Crippen LogP) is 1.65. The van der Waals surface area contributed by atoms with Gasteiger partial charge < -0.3 is 26.6 Å². The molecule has 7 N–H and O–H groups in total. The van der Waals surface area contributed by atoms with Gasteiger partial charge in [0.05, 0.1) is 5.56 Å². The molecule has 0 aliphatic carbocycles. The summed E-state index contributed by atoms with van der Waals surface area (Å²) in [6.07, 6.45) is 0.591. The average molecular weight is 502 g/mol. The summed E-state index contributed by atoms with van der Waals surface area (Å²) in [5, 5.41) is 17.4. The van der Waals surface area contributed by atoms with Crippen LogP contribution in [-0.4, -0.2) is 58.3 Å². The van der Waals surface area contributed by atoms with Crippen molar-refractivity contribution in [3.8, 4) is 0 Å². The van der Waals surface area contributed by atoms with Crippen molar-refractivity contribution in [2.75, 3.05) is 55.5 Å². The van der Waals surface area contributed by atoms with Gasteiger partial charge in [0, 0.05) is 49.5 Å². The Bertz CT molecular complexity index is 1260. The van der Waals surface area contributed by atoms with Gasteiger partial charge in [-0.05, 0) is 60.7 Å². The lowest BCUT2D eigenvalue weighted by atomic mass is 10.2. The van der Waals surface area contributed by atoms with E-state index in [2.05, 4.69) is 41.9 Å². The van der Waals surface area contributed by atoms with Gasteiger partial charge in [-0.25, -0.2) is 4.79 Å². The number of carbonyl (C=O) groups is 2. The first-order valence-corrected chi connectivity index (χ1v) is 11.8. The molecule has 37 heavy (non-hydrogen) atoms. The molecule has 0 atom stereocenters. The highest BCUT2D eigenvalue weighted by Crippen LogP contribution is 2.16. The molecule has 192 valence electrons. The summed E-state index contributed by atoms with van der Waals surface area (Å²) in [4.78, 5) is 30.0. The van der Waals surface area contributed by atoms with Crippen LogP contribution >= 0.6 is 0 Å². The summed E-state index contributed by atoms with van der Waals surface area (Å²) in [7, 11) is 5.55. The quantitative estimate of drug-likeness (QED) is 0.150. The number of hydrogen-bond donors (Lipinski definition) is 7. The molecule has 10 heteroatoms. The molecule has 0 bridgehead atoms. The number of nitrogens with one attached hydrogen (secondary N) is 7. The molecule has 0 saturated carbocycles. The van der Waals surface area contributed by atoms with E-state index in [0.717, 1.165) is 41.6 Å². The van der Waals surface area contributed by atoms with E-state index in [1.807, 2.05) is 62.6 Å². The molecule has 4 rings (SSSR count). The maximum absolute atomic E-state index is 12.1. The van der Waals surface area contributed by atoms with Crippen molar-refractivity contribution >= 4 is 46.9 Å². The number of amides is 3. The first-order valence-electron chi connectivity index (χ1n) is 11.8. The van der Waals surface area contributed by atoms with Gasteiger partial charge in [-0.3, -0.25) is 20.1 Å². The predicted molar refractivity (Wildman–Crippen MR) is 151 cm³/mol. The van der Waals surface area contributed by atoms with Crippen molar-refractivity contribution < 1.29 is 14.6 Å². The lowest BCUT2D eigenvalue weighted by Crippen LogP contribution is -2.70. The fourth-order valence-electron chi connectivity index (χ4n) is 3.62. The van der Waals surface area contributed by atoms with Crippen LogP contribution in [0.5, 0.6) is 0 Å². The number of amidine groups is 2. The zero-order valence-electron chi connectivity index (χ0n) is 21.2. The number of urea groups is 1. The Kier molecular flexibility index (Phi) is 10.0.